The summed E-state index contributed by atoms with van der Waals surface area (Å²) in [5.41, 5.74) is 0. The molecule has 0 aromatic carbocycles. The Labute approximate surface area is 122 Å². The van der Waals surface area contributed by atoms with E-state index in [-0.39, 0.29) is 103 Å². The van der Waals surface area contributed by atoms with Gasteiger partial charge in [0.15, 0.2) is 0 Å². The Kier molecular flexibility index (Phi) is 28.3. The van der Waals surface area contributed by atoms with E-state index in [0.29, 0.717) is 0 Å². The molecule has 0 spiro atoms. The molecule has 0 saturated carbocycles. The Morgan fingerprint density at radius 1 is 1.50 bits per heavy atom. The molecule has 0 aliphatic rings. The van der Waals surface area contributed by atoms with E-state index in [2.05, 4.69) is 0 Å². The molecule has 0 amide bonds. The van der Waals surface area contributed by atoms with Crippen molar-refractivity contribution in [3.05, 3.63) is 0 Å². The van der Waals surface area contributed by atoms with Crippen molar-refractivity contribution in [2.45, 2.75) is 6.92 Å². The molecule has 0 aromatic rings. The van der Waals surface area contributed by atoms with Crippen LogP contribution < -0.4 is 0 Å². The van der Waals surface area contributed by atoms with Gasteiger partial charge < -0.3 is 5.11 Å². The fourth-order valence-corrected chi connectivity index (χ4v) is 0. The van der Waals surface area contributed by atoms with Crippen LogP contribution in [0.4, 0.5) is 0 Å². The number of carboxylic acid groups (broad SMARTS) is 1. The fraction of sp³-hybridized carbons (Fsp3) is 0.500. The summed E-state index contributed by atoms with van der Waals surface area (Å²) in [5.74, 6) is -0.833. The largest absolute Gasteiger partial charge is 0.481 e. The van der Waals surface area contributed by atoms with E-state index in [1.165, 1.54) is 0 Å². The van der Waals surface area contributed by atoms with Crippen molar-refractivity contribution in [1.82, 2.24) is 0 Å². The maximum Gasteiger partial charge on any atom is 0.300 e. The molecule has 0 atom stereocenters. The van der Waals surface area contributed by atoms with Crippen molar-refractivity contribution in [3.8, 4) is 0 Å². The first kappa shape index (κ1) is 15.9. The van der Waals surface area contributed by atoms with E-state index in [9.17, 15) is 0 Å². The van der Waals surface area contributed by atoms with Crippen LogP contribution in [0.3, 0.4) is 0 Å². The Balaban J connectivity index is -0.0000000450. The molecular weight excluding hydrogens is 134 g/mol. The molecule has 0 aliphatic heterocycles. The fourth-order valence-electron chi connectivity index (χ4n) is 0. The number of carbonyl (C=O) groups is 1. The molecule has 1 N–H and O–H groups in total. The van der Waals surface area contributed by atoms with Gasteiger partial charge in [-0.2, -0.15) is 0 Å². The normalized spacial score (nSPS) is 4.17. The number of carboxylic acids is 1. The predicted molar refractivity (Wildman–Crippen MR) is 24.8 cm³/mol. The summed E-state index contributed by atoms with van der Waals surface area (Å²) in [7, 11) is 0. The van der Waals surface area contributed by atoms with Crippen LogP contribution >= 0.6 is 0 Å². The number of hydrogen-bond donors (Lipinski definition) is 1. The van der Waals surface area contributed by atoms with E-state index in [0.717, 1.165) is 6.92 Å². The van der Waals surface area contributed by atoms with Gasteiger partial charge in [0.2, 0.25) is 0 Å². The minimum atomic E-state index is -0.833. The molecule has 0 unspecified atom stereocenters. The minimum absolute atomic E-state index is 0. The molecule has 0 heterocycles. The summed E-state index contributed by atoms with van der Waals surface area (Å²) in [4.78, 5) is 9.00. The van der Waals surface area contributed by atoms with E-state index in [1.54, 1.807) is 0 Å². The van der Waals surface area contributed by atoms with Crippen molar-refractivity contribution < 1.29 is 9.90 Å². The van der Waals surface area contributed by atoms with Crippen molar-refractivity contribution >= 4 is 109 Å². The summed E-state index contributed by atoms with van der Waals surface area (Å²) >= 11 is 0. The van der Waals surface area contributed by atoms with Crippen LogP contribution in [0.25, 0.3) is 0 Å². The third-order valence-electron chi connectivity index (χ3n) is 0. The first-order chi connectivity index (χ1) is 1.73. The molecule has 0 rings (SSSR count). The molecule has 2 nitrogen and oxygen atoms in total. The number of rotatable bonds is 0. The molecule has 0 saturated heterocycles. The van der Waals surface area contributed by atoms with Crippen molar-refractivity contribution in [2.24, 2.45) is 0 Å². The molecule has 0 bridgehead atoms. The molecule has 0 aliphatic carbocycles. The molecule has 2 radical (unpaired) electrons. The zero-order chi connectivity index (χ0) is 3.58. The quantitative estimate of drug-likeness (QED) is 0.451. The predicted octanol–water partition coefficient (Wildman–Crippen LogP) is -0.671. The van der Waals surface area contributed by atoms with Gasteiger partial charge in [0.05, 0.1) is 0 Å². The second-order valence-corrected chi connectivity index (χ2v) is 0.519. The van der Waals surface area contributed by atoms with Gasteiger partial charge >= 0.3 is 0 Å². The van der Waals surface area contributed by atoms with Gasteiger partial charge in [-0.3, -0.25) is 4.79 Å². The third-order valence-corrected chi connectivity index (χ3v) is 0. The topological polar surface area (TPSA) is 37.3 Å². The average molecular weight is 138 g/mol. The summed E-state index contributed by atoms with van der Waals surface area (Å²) in [6, 6.07) is 0. The smallest absolute Gasteiger partial charge is 0.300 e. The molecule has 0 fully saturated rings. The first-order valence-electron chi connectivity index (χ1n) is 0.928. The Morgan fingerprint density at radius 2 is 1.50 bits per heavy atom. The number of hydrogen-bond acceptors (Lipinski definition) is 1. The molecule has 26 valence electrons. The Bertz CT molecular complexity index is 32.5. The van der Waals surface area contributed by atoms with Crippen LogP contribution in [0.5, 0.6) is 0 Å². The summed E-state index contributed by atoms with van der Waals surface area (Å²) < 4.78 is 0. The van der Waals surface area contributed by atoms with Gasteiger partial charge in [-0.05, 0) is 0 Å². The van der Waals surface area contributed by atoms with Gasteiger partial charge in [-0.1, -0.05) is 0 Å². The monoisotopic (exact) mass is 138 g/mol. The van der Waals surface area contributed by atoms with Crippen LogP contribution in [0.1, 0.15) is 6.92 Å². The second kappa shape index (κ2) is 10.7. The molecule has 0 aromatic heterocycles. The summed E-state index contributed by atoms with van der Waals surface area (Å²) in [6.07, 6.45) is 0. The zero-order valence-corrected chi connectivity index (χ0v) is 10.6. The van der Waals surface area contributed by atoms with Gasteiger partial charge in [-0.15, -0.1) is 0 Å². The zero-order valence-electron chi connectivity index (χ0n) is 4.36. The van der Waals surface area contributed by atoms with Crippen LogP contribution in [-0.4, -0.2) is 114 Å². The standard InChI is InChI=1S/C2H4O2.2K/c1-2(3)4;;/h1H3,(H,3,4);;. The van der Waals surface area contributed by atoms with Crippen LogP contribution in [0.15, 0.2) is 0 Å². The van der Waals surface area contributed by atoms with Crippen molar-refractivity contribution in [1.29, 1.82) is 0 Å². The maximum atomic E-state index is 9.00. The van der Waals surface area contributed by atoms with E-state index in [1.807, 2.05) is 0 Å². The van der Waals surface area contributed by atoms with Crippen LogP contribution in [0.2, 0.25) is 0 Å². The summed E-state index contributed by atoms with van der Waals surface area (Å²) in [6.45, 7) is 1.08. The van der Waals surface area contributed by atoms with Crippen molar-refractivity contribution in [2.75, 3.05) is 0 Å². The van der Waals surface area contributed by atoms with Crippen molar-refractivity contribution in [3.63, 3.8) is 0 Å². The third kappa shape index (κ3) is 29.6. The van der Waals surface area contributed by atoms with Gasteiger partial charge in [-0.25, -0.2) is 0 Å². The Morgan fingerprint density at radius 3 is 1.50 bits per heavy atom. The molecular formula is C2H4K2O2. The average Bonchev–Trinajstić information content (AvgIpc) is 0.811. The molecule has 6 heavy (non-hydrogen) atoms. The van der Waals surface area contributed by atoms with Gasteiger partial charge in [0.1, 0.15) is 0 Å². The first-order valence-corrected chi connectivity index (χ1v) is 0.928. The van der Waals surface area contributed by atoms with Crippen LogP contribution in [-0.2, 0) is 4.79 Å². The second-order valence-electron chi connectivity index (χ2n) is 0.519. The van der Waals surface area contributed by atoms with E-state index < -0.39 is 5.97 Å². The van der Waals surface area contributed by atoms with E-state index >= 15 is 0 Å². The number of aliphatic carboxylic acids is 1. The van der Waals surface area contributed by atoms with Gasteiger partial charge in [0.25, 0.3) is 5.97 Å². The summed E-state index contributed by atoms with van der Waals surface area (Å²) in [5, 5.41) is 7.42. The maximum absolute atomic E-state index is 9.00. The SMILES string of the molecule is CC(=O)O.[K].[K]. The Hall–Kier alpha value is 2.74. The van der Waals surface area contributed by atoms with Crippen LogP contribution in [0, 0.1) is 0 Å². The van der Waals surface area contributed by atoms with E-state index in [4.69, 9.17) is 9.90 Å². The minimum Gasteiger partial charge on any atom is -0.481 e. The molecule has 4 heteroatoms. The van der Waals surface area contributed by atoms with Gasteiger partial charge in [0, 0.05) is 110 Å².